The number of hydrogen-bond acceptors (Lipinski definition) is 4. The molecule has 1 aliphatic heterocycles. The number of amidine groups is 1. The quantitative estimate of drug-likeness (QED) is 0.740. The Labute approximate surface area is 92.1 Å². The topological polar surface area (TPSA) is 70.5 Å². The minimum absolute atomic E-state index is 0.0472. The molecule has 5 nitrogen and oxygen atoms in total. The first-order valence-corrected chi connectivity index (χ1v) is 4.71. The van der Waals surface area contributed by atoms with Crippen LogP contribution >= 0.6 is 0 Å². The van der Waals surface area contributed by atoms with E-state index in [1.165, 1.54) is 7.11 Å². The summed E-state index contributed by atoms with van der Waals surface area (Å²) in [6, 6.07) is 6.81. The summed E-state index contributed by atoms with van der Waals surface area (Å²) < 4.78 is 4.48. The van der Waals surface area contributed by atoms with Gasteiger partial charge in [0.1, 0.15) is 12.4 Å². The number of ether oxygens (including phenoxy) is 1. The third-order valence-electron chi connectivity index (χ3n) is 2.44. The van der Waals surface area contributed by atoms with Crippen LogP contribution in [0.3, 0.4) is 0 Å². The van der Waals surface area contributed by atoms with E-state index in [0.717, 1.165) is 4.90 Å². The van der Waals surface area contributed by atoms with Gasteiger partial charge >= 0.3 is 5.97 Å². The van der Waals surface area contributed by atoms with E-state index in [-0.39, 0.29) is 18.3 Å². The summed E-state index contributed by atoms with van der Waals surface area (Å²) in [5.41, 5.74) is 1.01. The summed E-state index contributed by atoms with van der Waals surface area (Å²) in [5, 5.41) is 7.78. The number of nitrogens with zero attached hydrogens (tertiary/aromatic N) is 1. The zero-order chi connectivity index (χ0) is 11.7. The van der Waals surface area contributed by atoms with Crippen molar-refractivity contribution in [1.82, 2.24) is 4.90 Å². The van der Waals surface area contributed by atoms with Crippen LogP contribution in [0.4, 0.5) is 0 Å². The molecule has 0 aromatic heterocycles. The number of methoxy groups -OCH3 is 1. The molecule has 0 radical (unpaired) electrons. The van der Waals surface area contributed by atoms with Crippen molar-refractivity contribution in [2.24, 2.45) is 0 Å². The lowest BCUT2D eigenvalue weighted by Crippen LogP contribution is -2.35. The van der Waals surface area contributed by atoms with Crippen LogP contribution < -0.4 is 0 Å². The summed E-state index contributed by atoms with van der Waals surface area (Å²) in [4.78, 5) is 24.0. The molecule has 0 atom stereocenters. The molecule has 5 heteroatoms. The molecular weight excluding hydrogens is 208 g/mol. The van der Waals surface area contributed by atoms with Gasteiger partial charge in [0.25, 0.3) is 5.91 Å². The van der Waals surface area contributed by atoms with Gasteiger partial charge in [-0.15, -0.1) is 0 Å². The molecule has 0 saturated carbocycles. The zero-order valence-corrected chi connectivity index (χ0v) is 8.69. The molecule has 16 heavy (non-hydrogen) atoms. The summed E-state index contributed by atoms with van der Waals surface area (Å²) in [5.74, 6) is -0.817. The number of benzene rings is 1. The molecule has 1 aromatic rings. The lowest BCUT2D eigenvalue weighted by Gasteiger charge is -2.13. The van der Waals surface area contributed by atoms with Crippen molar-refractivity contribution in [3.63, 3.8) is 0 Å². The van der Waals surface area contributed by atoms with Crippen LogP contribution in [0.2, 0.25) is 0 Å². The van der Waals surface area contributed by atoms with E-state index in [0.29, 0.717) is 11.1 Å². The highest BCUT2D eigenvalue weighted by Gasteiger charge is 2.33. The fourth-order valence-corrected chi connectivity index (χ4v) is 1.61. The SMILES string of the molecule is COC(=O)CN1C(=N)c2ccccc2C1=O. The van der Waals surface area contributed by atoms with Gasteiger partial charge in [0.2, 0.25) is 0 Å². The molecule has 2 rings (SSSR count). The Morgan fingerprint density at radius 3 is 2.56 bits per heavy atom. The Bertz CT molecular complexity index is 447. The van der Waals surface area contributed by atoms with Crippen LogP contribution in [0.5, 0.6) is 0 Å². The highest BCUT2D eigenvalue weighted by atomic mass is 16.5. The second kappa shape index (κ2) is 3.77. The first kappa shape index (κ1) is 10.4. The monoisotopic (exact) mass is 218 g/mol. The average molecular weight is 218 g/mol. The molecule has 82 valence electrons. The predicted molar refractivity (Wildman–Crippen MR) is 56.3 cm³/mol. The highest BCUT2D eigenvalue weighted by molar-refractivity contribution is 6.23. The van der Waals surface area contributed by atoms with Crippen molar-refractivity contribution in [2.45, 2.75) is 0 Å². The van der Waals surface area contributed by atoms with E-state index in [2.05, 4.69) is 4.74 Å². The molecule has 1 aliphatic rings. The minimum atomic E-state index is -0.536. The Balaban J connectivity index is 2.32. The molecule has 0 fully saturated rings. The highest BCUT2D eigenvalue weighted by Crippen LogP contribution is 2.21. The number of amides is 1. The van der Waals surface area contributed by atoms with E-state index in [4.69, 9.17) is 5.41 Å². The van der Waals surface area contributed by atoms with Gasteiger partial charge in [0.05, 0.1) is 12.7 Å². The maximum absolute atomic E-state index is 11.8. The molecular formula is C11H10N2O3. The third-order valence-corrected chi connectivity index (χ3v) is 2.44. The first-order chi connectivity index (χ1) is 7.65. The second-order valence-electron chi connectivity index (χ2n) is 3.36. The first-order valence-electron chi connectivity index (χ1n) is 4.71. The van der Waals surface area contributed by atoms with E-state index in [1.807, 2.05) is 0 Å². The van der Waals surface area contributed by atoms with Crippen LogP contribution in [0, 0.1) is 5.41 Å². The molecule has 0 spiro atoms. The van der Waals surface area contributed by atoms with E-state index in [9.17, 15) is 9.59 Å². The lowest BCUT2D eigenvalue weighted by atomic mass is 10.1. The summed E-state index contributed by atoms with van der Waals surface area (Å²) >= 11 is 0. The van der Waals surface area contributed by atoms with Crippen LogP contribution in [0.15, 0.2) is 24.3 Å². The summed E-state index contributed by atoms with van der Waals surface area (Å²) in [7, 11) is 1.25. The predicted octanol–water partition coefficient (Wildman–Crippen LogP) is 0.641. The number of carbonyl (C=O) groups excluding carboxylic acids is 2. The minimum Gasteiger partial charge on any atom is -0.468 e. The van der Waals surface area contributed by atoms with Crippen LogP contribution in [-0.2, 0) is 9.53 Å². The number of esters is 1. The van der Waals surface area contributed by atoms with Gasteiger partial charge in [-0.1, -0.05) is 18.2 Å². The van der Waals surface area contributed by atoms with E-state index in [1.54, 1.807) is 24.3 Å². The number of carbonyl (C=O) groups is 2. The standard InChI is InChI=1S/C11H10N2O3/c1-16-9(14)6-13-10(12)7-4-2-3-5-8(7)11(13)15/h2-5,12H,6H2,1H3. The van der Waals surface area contributed by atoms with Crippen molar-refractivity contribution in [2.75, 3.05) is 13.7 Å². The molecule has 0 bridgehead atoms. The Morgan fingerprint density at radius 2 is 2.00 bits per heavy atom. The summed E-state index contributed by atoms with van der Waals surface area (Å²) in [6.45, 7) is -0.219. The normalized spacial score (nSPS) is 13.9. The molecule has 1 heterocycles. The second-order valence-corrected chi connectivity index (χ2v) is 3.36. The third kappa shape index (κ3) is 1.46. The Hall–Kier alpha value is -2.17. The van der Waals surface area contributed by atoms with Crippen molar-refractivity contribution >= 4 is 17.7 Å². The van der Waals surface area contributed by atoms with Crippen LogP contribution in [0.1, 0.15) is 15.9 Å². The number of fused-ring (bicyclic) bond motifs is 1. The number of nitrogens with one attached hydrogen (secondary N) is 1. The summed E-state index contributed by atoms with van der Waals surface area (Å²) in [6.07, 6.45) is 0. The average Bonchev–Trinajstić information content (AvgIpc) is 2.55. The van der Waals surface area contributed by atoms with Gasteiger partial charge in [-0.25, -0.2) is 0 Å². The fraction of sp³-hybridized carbons (Fsp3) is 0.182. The van der Waals surface area contributed by atoms with Gasteiger partial charge in [-0.05, 0) is 6.07 Å². The van der Waals surface area contributed by atoms with Gasteiger partial charge < -0.3 is 4.74 Å². The Morgan fingerprint density at radius 1 is 1.38 bits per heavy atom. The van der Waals surface area contributed by atoms with Crippen LogP contribution in [-0.4, -0.2) is 36.3 Å². The number of hydrogen-bond donors (Lipinski definition) is 1. The van der Waals surface area contributed by atoms with Gasteiger partial charge in [-0.2, -0.15) is 0 Å². The molecule has 0 aliphatic carbocycles. The maximum atomic E-state index is 11.8. The molecule has 1 amide bonds. The zero-order valence-electron chi connectivity index (χ0n) is 8.69. The van der Waals surface area contributed by atoms with Gasteiger partial charge in [0, 0.05) is 5.56 Å². The van der Waals surface area contributed by atoms with Crippen molar-refractivity contribution in [1.29, 1.82) is 5.41 Å². The molecule has 1 N–H and O–H groups in total. The smallest absolute Gasteiger partial charge is 0.325 e. The van der Waals surface area contributed by atoms with Gasteiger partial charge in [-0.3, -0.25) is 19.9 Å². The van der Waals surface area contributed by atoms with E-state index >= 15 is 0 Å². The molecule has 1 aromatic carbocycles. The van der Waals surface area contributed by atoms with Crippen molar-refractivity contribution in [3.05, 3.63) is 35.4 Å². The lowest BCUT2D eigenvalue weighted by molar-refractivity contribution is -0.140. The molecule has 0 unspecified atom stereocenters. The van der Waals surface area contributed by atoms with Gasteiger partial charge in [0.15, 0.2) is 0 Å². The maximum Gasteiger partial charge on any atom is 0.325 e. The van der Waals surface area contributed by atoms with E-state index < -0.39 is 5.97 Å². The molecule has 0 saturated heterocycles. The van der Waals surface area contributed by atoms with Crippen molar-refractivity contribution < 1.29 is 14.3 Å². The fourth-order valence-electron chi connectivity index (χ4n) is 1.61. The van der Waals surface area contributed by atoms with Crippen molar-refractivity contribution in [3.8, 4) is 0 Å². The Kier molecular flexibility index (Phi) is 2.44. The van der Waals surface area contributed by atoms with Crippen LogP contribution in [0.25, 0.3) is 0 Å². The number of rotatable bonds is 2. The largest absolute Gasteiger partial charge is 0.468 e.